The third-order valence-corrected chi connectivity index (χ3v) is 4.05. The van der Waals surface area contributed by atoms with Crippen molar-refractivity contribution in [2.24, 2.45) is 5.92 Å². The first-order valence-corrected chi connectivity index (χ1v) is 7.72. The van der Waals surface area contributed by atoms with Gasteiger partial charge in [0.2, 0.25) is 11.8 Å². The first-order chi connectivity index (χ1) is 11.9. The quantitative estimate of drug-likeness (QED) is 0.873. The van der Waals surface area contributed by atoms with Crippen molar-refractivity contribution in [1.82, 2.24) is 5.32 Å². The number of rotatable bonds is 5. The zero-order valence-corrected chi connectivity index (χ0v) is 13.1. The van der Waals surface area contributed by atoms with E-state index in [-0.39, 0.29) is 24.3 Å². The van der Waals surface area contributed by atoms with Crippen molar-refractivity contribution in [3.8, 4) is 0 Å². The van der Waals surface area contributed by atoms with Crippen molar-refractivity contribution in [2.75, 3.05) is 11.9 Å². The molecule has 0 heterocycles. The summed E-state index contributed by atoms with van der Waals surface area (Å²) >= 11 is 0. The molecule has 2 unspecified atom stereocenters. The third kappa shape index (κ3) is 4.17. The van der Waals surface area contributed by atoms with E-state index >= 15 is 0 Å². The van der Waals surface area contributed by atoms with Crippen LogP contribution in [0.15, 0.2) is 42.5 Å². The molecule has 0 radical (unpaired) electrons. The fourth-order valence-electron chi connectivity index (χ4n) is 2.63. The van der Waals surface area contributed by atoms with E-state index in [1.165, 1.54) is 30.3 Å². The summed E-state index contributed by atoms with van der Waals surface area (Å²) in [6.45, 7) is -0.225. The van der Waals surface area contributed by atoms with Gasteiger partial charge in [0.05, 0.1) is 6.54 Å². The molecule has 130 valence electrons. The average molecular weight is 348 g/mol. The fraction of sp³-hybridized carbons (Fsp3) is 0.222. The van der Waals surface area contributed by atoms with Crippen LogP contribution in [0.1, 0.15) is 17.9 Å². The van der Waals surface area contributed by atoms with Crippen molar-refractivity contribution >= 4 is 17.5 Å². The molecule has 2 aromatic carbocycles. The summed E-state index contributed by atoms with van der Waals surface area (Å²) in [5, 5.41) is 5.04. The summed E-state index contributed by atoms with van der Waals surface area (Å²) in [6, 6.07) is 8.83. The van der Waals surface area contributed by atoms with Crippen LogP contribution >= 0.6 is 0 Å². The molecule has 1 fully saturated rings. The SMILES string of the molecule is O=C(CNC(=O)C1CC1c1ccc(F)c(F)c1)Nc1ccc(F)cc1. The van der Waals surface area contributed by atoms with E-state index in [9.17, 15) is 22.8 Å². The molecule has 2 amide bonds. The van der Waals surface area contributed by atoms with E-state index in [0.717, 1.165) is 12.1 Å². The van der Waals surface area contributed by atoms with Crippen LogP contribution in [-0.4, -0.2) is 18.4 Å². The monoisotopic (exact) mass is 348 g/mol. The Kier molecular flexibility index (Phi) is 4.74. The number of nitrogens with one attached hydrogen (secondary N) is 2. The van der Waals surface area contributed by atoms with Gasteiger partial charge in [-0.25, -0.2) is 13.2 Å². The van der Waals surface area contributed by atoms with Gasteiger partial charge in [-0.15, -0.1) is 0 Å². The highest BCUT2D eigenvalue weighted by Crippen LogP contribution is 2.47. The van der Waals surface area contributed by atoms with Gasteiger partial charge in [-0.3, -0.25) is 9.59 Å². The maximum absolute atomic E-state index is 13.2. The van der Waals surface area contributed by atoms with E-state index in [4.69, 9.17) is 0 Å². The summed E-state index contributed by atoms with van der Waals surface area (Å²) in [7, 11) is 0. The van der Waals surface area contributed by atoms with Gasteiger partial charge in [-0.05, 0) is 54.3 Å². The highest BCUT2D eigenvalue weighted by Gasteiger charge is 2.44. The van der Waals surface area contributed by atoms with Crippen LogP contribution in [0.5, 0.6) is 0 Å². The summed E-state index contributed by atoms with van der Waals surface area (Å²) in [5.41, 5.74) is 0.988. The first-order valence-electron chi connectivity index (χ1n) is 7.72. The maximum Gasteiger partial charge on any atom is 0.243 e. The van der Waals surface area contributed by atoms with Crippen molar-refractivity contribution in [3.05, 3.63) is 65.5 Å². The Hall–Kier alpha value is -2.83. The maximum atomic E-state index is 13.2. The molecular formula is C18H15F3N2O2. The first kappa shape index (κ1) is 17.0. The number of hydrogen-bond acceptors (Lipinski definition) is 2. The molecule has 0 aliphatic heterocycles. The minimum absolute atomic E-state index is 0.171. The predicted molar refractivity (Wildman–Crippen MR) is 85.2 cm³/mol. The molecule has 2 N–H and O–H groups in total. The normalized spacial score (nSPS) is 18.5. The zero-order valence-electron chi connectivity index (χ0n) is 13.1. The number of halogens is 3. The Morgan fingerprint density at radius 3 is 2.40 bits per heavy atom. The summed E-state index contributed by atoms with van der Waals surface area (Å²) in [4.78, 5) is 23.8. The van der Waals surface area contributed by atoms with Gasteiger partial charge in [-0.1, -0.05) is 6.07 Å². The topological polar surface area (TPSA) is 58.2 Å². The van der Waals surface area contributed by atoms with Gasteiger partial charge in [0, 0.05) is 11.6 Å². The highest BCUT2D eigenvalue weighted by molar-refractivity contribution is 5.95. The lowest BCUT2D eigenvalue weighted by molar-refractivity contribution is -0.125. The smallest absolute Gasteiger partial charge is 0.243 e. The lowest BCUT2D eigenvalue weighted by atomic mass is 10.1. The molecule has 2 atom stereocenters. The van der Waals surface area contributed by atoms with Crippen LogP contribution in [0.4, 0.5) is 18.9 Å². The van der Waals surface area contributed by atoms with Gasteiger partial charge >= 0.3 is 0 Å². The number of hydrogen-bond donors (Lipinski definition) is 2. The van der Waals surface area contributed by atoms with Gasteiger partial charge < -0.3 is 10.6 Å². The van der Waals surface area contributed by atoms with Crippen molar-refractivity contribution in [2.45, 2.75) is 12.3 Å². The van der Waals surface area contributed by atoms with E-state index in [1.54, 1.807) is 0 Å². The van der Waals surface area contributed by atoms with Crippen LogP contribution < -0.4 is 10.6 Å². The molecule has 2 aromatic rings. The molecular weight excluding hydrogens is 333 g/mol. The van der Waals surface area contributed by atoms with Gasteiger partial charge in [-0.2, -0.15) is 0 Å². The summed E-state index contributed by atoms with van der Waals surface area (Å²) in [5.74, 6) is -3.57. The Balaban J connectivity index is 1.47. The molecule has 0 bridgehead atoms. The Morgan fingerprint density at radius 1 is 1.00 bits per heavy atom. The Bertz CT molecular complexity index is 808. The fourth-order valence-corrected chi connectivity index (χ4v) is 2.63. The molecule has 1 aliphatic carbocycles. The van der Waals surface area contributed by atoms with Gasteiger partial charge in [0.25, 0.3) is 0 Å². The largest absolute Gasteiger partial charge is 0.347 e. The van der Waals surface area contributed by atoms with Crippen molar-refractivity contribution in [3.63, 3.8) is 0 Å². The number of benzene rings is 2. The lowest BCUT2D eigenvalue weighted by Crippen LogP contribution is -2.34. The molecule has 4 nitrogen and oxygen atoms in total. The molecule has 25 heavy (non-hydrogen) atoms. The van der Waals surface area contributed by atoms with Crippen LogP contribution in [0.2, 0.25) is 0 Å². The van der Waals surface area contributed by atoms with Crippen LogP contribution in [0, 0.1) is 23.4 Å². The number of anilines is 1. The minimum Gasteiger partial charge on any atom is -0.347 e. The zero-order chi connectivity index (χ0) is 18.0. The van der Waals surface area contributed by atoms with E-state index in [0.29, 0.717) is 17.7 Å². The van der Waals surface area contributed by atoms with E-state index < -0.39 is 23.4 Å². The van der Waals surface area contributed by atoms with Crippen molar-refractivity contribution < 1.29 is 22.8 Å². The van der Waals surface area contributed by atoms with Crippen LogP contribution in [-0.2, 0) is 9.59 Å². The van der Waals surface area contributed by atoms with Crippen LogP contribution in [0.25, 0.3) is 0 Å². The average Bonchev–Trinajstić information content (AvgIpc) is 3.38. The second-order valence-electron chi connectivity index (χ2n) is 5.90. The van der Waals surface area contributed by atoms with Crippen LogP contribution in [0.3, 0.4) is 0 Å². The van der Waals surface area contributed by atoms with Crippen molar-refractivity contribution in [1.29, 1.82) is 0 Å². The third-order valence-electron chi connectivity index (χ3n) is 4.05. The molecule has 7 heteroatoms. The second kappa shape index (κ2) is 6.96. The highest BCUT2D eigenvalue weighted by atomic mass is 19.2. The van der Waals surface area contributed by atoms with Gasteiger partial charge in [0.1, 0.15) is 5.82 Å². The number of carbonyl (C=O) groups is 2. The Labute approximate surface area is 142 Å². The number of carbonyl (C=O) groups excluding carboxylic acids is 2. The minimum atomic E-state index is -0.942. The summed E-state index contributed by atoms with van der Waals surface area (Å²) in [6.07, 6.45) is 0.524. The second-order valence-corrected chi connectivity index (χ2v) is 5.90. The summed E-state index contributed by atoms with van der Waals surface area (Å²) < 4.78 is 38.9. The van der Waals surface area contributed by atoms with E-state index in [2.05, 4.69) is 10.6 Å². The standard InChI is InChI=1S/C18H15F3N2O2/c19-11-2-4-12(5-3-11)23-17(24)9-22-18(25)14-8-13(14)10-1-6-15(20)16(21)7-10/h1-7,13-14H,8-9H2,(H,22,25)(H,23,24). The molecule has 1 saturated carbocycles. The molecule has 0 saturated heterocycles. The predicted octanol–water partition coefficient (Wildman–Crippen LogP) is 2.96. The molecule has 0 aromatic heterocycles. The Morgan fingerprint density at radius 2 is 1.72 bits per heavy atom. The molecule has 3 rings (SSSR count). The molecule has 0 spiro atoms. The lowest BCUT2D eigenvalue weighted by Gasteiger charge is -2.07. The number of amides is 2. The van der Waals surface area contributed by atoms with E-state index in [1.807, 2.05) is 0 Å². The molecule has 1 aliphatic rings. The van der Waals surface area contributed by atoms with Gasteiger partial charge in [0.15, 0.2) is 11.6 Å².